The van der Waals surface area contributed by atoms with Crippen molar-refractivity contribution in [1.29, 1.82) is 0 Å². The second-order valence-electron chi connectivity index (χ2n) is 10.7. The molecule has 0 heterocycles. The first-order valence-electron chi connectivity index (χ1n) is 11.2. The minimum Gasteiger partial charge on any atom is -0.0287 e. The second kappa shape index (κ2) is 18.2. The number of hydrogen-bond donors (Lipinski definition) is 0. The van der Waals surface area contributed by atoms with Crippen LogP contribution in [0.3, 0.4) is 0 Å². The van der Waals surface area contributed by atoms with E-state index in [2.05, 4.69) is 108 Å². The smallest absolute Gasteiger partial charge is 0.0287 e. The second-order valence-corrected chi connectivity index (χ2v) is 25.0. The predicted octanol–water partition coefficient (Wildman–Crippen LogP) is 9.77. The van der Waals surface area contributed by atoms with E-state index in [-0.39, 0.29) is 21.3 Å². The van der Waals surface area contributed by atoms with Gasteiger partial charge in [-0.2, -0.15) is 0 Å². The Morgan fingerprint density at radius 2 is 0.793 bits per heavy atom. The number of allylic oxidation sites excluding steroid dienone is 1. The summed E-state index contributed by atoms with van der Waals surface area (Å²) in [6.07, 6.45) is 1.94. The van der Waals surface area contributed by atoms with Crippen LogP contribution >= 0.6 is 35.2 Å². The Morgan fingerprint density at radius 1 is 0.586 bits per heavy atom. The Bertz CT molecular complexity index is 392. The number of hydrogen-bond acceptors (Lipinski definition) is 0. The molecule has 0 nitrogen and oxygen atoms in total. The molecule has 180 valence electrons. The van der Waals surface area contributed by atoms with Crippen molar-refractivity contribution in [2.24, 2.45) is 5.41 Å². The molecule has 0 rings (SSSR count). The number of halogens is 2. The maximum Gasteiger partial charge on any atom is 0.0624 e. The molecule has 0 aliphatic heterocycles. The van der Waals surface area contributed by atoms with Crippen LogP contribution in [0.4, 0.5) is 0 Å². The van der Waals surface area contributed by atoms with Crippen LogP contribution in [0.5, 0.6) is 0 Å². The van der Waals surface area contributed by atoms with Crippen LogP contribution in [0.25, 0.3) is 0 Å². The first kappa shape index (κ1) is 35.3. The summed E-state index contributed by atoms with van der Waals surface area (Å²) in [5.74, 6) is 0. The van der Waals surface area contributed by atoms with E-state index in [1.807, 2.05) is 6.08 Å². The van der Waals surface area contributed by atoms with Gasteiger partial charge < -0.3 is 0 Å². The SMILES string of the molecule is CC(C)(C)C=[C]=[Ru]([Cl])[Cl].CC(C)[PH+](C(C)C)C(C)C.CC(C)[PH+](C(C)C)C(C)C. The predicted molar refractivity (Wildman–Crippen MR) is 148 cm³/mol. The van der Waals surface area contributed by atoms with Crippen LogP contribution in [0, 0.1) is 5.41 Å². The van der Waals surface area contributed by atoms with Crippen LogP contribution in [-0.4, -0.2) is 38.2 Å². The molecule has 0 spiro atoms. The van der Waals surface area contributed by atoms with Gasteiger partial charge in [-0.1, -0.05) is 0 Å². The van der Waals surface area contributed by atoms with Gasteiger partial charge in [0.25, 0.3) is 0 Å². The summed E-state index contributed by atoms with van der Waals surface area (Å²) in [5.41, 5.74) is 5.77. The van der Waals surface area contributed by atoms with Crippen molar-refractivity contribution in [2.75, 3.05) is 0 Å². The molecule has 0 unspecified atom stereocenters. The normalized spacial score (nSPS) is 12.5. The summed E-state index contributed by atoms with van der Waals surface area (Å²) in [4.78, 5) is 0. The molecular weight excluding hydrogens is 522 g/mol. The molecule has 0 bridgehead atoms. The van der Waals surface area contributed by atoms with Crippen molar-refractivity contribution < 1.29 is 13.5 Å². The quantitative estimate of drug-likeness (QED) is 0.218. The van der Waals surface area contributed by atoms with Gasteiger partial charge in [-0.25, -0.2) is 0 Å². The molecule has 0 fully saturated rings. The van der Waals surface area contributed by atoms with Crippen molar-refractivity contribution >= 4 is 39.5 Å². The van der Waals surface area contributed by atoms with Crippen LogP contribution in [-0.2, 0) is 13.5 Å². The molecule has 0 saturated carbocycles. The summed E-state index contributed by atoms with van der Waals surface area (Å²) in [6, 6.07) is 0. The zero-order valence-electron chi connectivity index (χ0n) is 22.2. The van der Waals surface area contributed by atoms with Crippen LogP contribution in [0.1, 0.15) is 104 Å². The van der Waals surface area contributed by atoms with Gasteiger partial charge in [0, 0.05) is 15.8 Å². The molecule has 0 aromatic rings. The van der Waals surface area contributed by atoms with Crippen molar-refractivity contribution in [2.45, 2.75) is 138 Å². The minimum absolute atomic E-state index is 0.0957. The molecule has 0 atom stereocenters. The average molecular weight is 577 g/mol. The molecule has 0 N–H and O–H groups in total. The third-order valence-electron chi connectivity index (χ3n) is 4.56. The van der Waals surface area contributed by atoms with Crippen LogP contribution in [0.2, 0.25) is 0 Å². The van der Waals surface area contributed by atoms with Gasteiger partial charge in [0.05, 0.1) is 34.0 Å². The molecule has 0 aromatic carbocycles. The molecule has 0 aliphatic rings. The fraction of sp³-hybridized carbons (Fsp3) is 0.917. The topological polar surface area (TPSA) is 0 Å². The van der Waals surface area contributed by atoms with E-state index in [4.69, 9.17) is 19.4 Å². The molecule has 0 aliphatic carbocycles. The van der Waals surface area contributed by atoms with Gasteiger partial charge in [0.15, 0.2) is 0 Å². The Balaban J connectivity index is -0.000000350. The van der Waals surface area contributed by atoms with Crippen LogP contribution in [0.15, 0.2) is 6.08 Å². The van der Waals surface area contributed by atoms with Gasteiger partial charge in [0.1, 0.15) is 0 Å². The Labute approximate surface area is 201 Å². The molecule has 0 aromatic heterocycles. The Kier molecular flexibility index (Phi) is 22.1. The van der Waals surface area contributed by atoms with E-state index in [0.717, 1.165) is 34.0 Å². The summed E-state index contributed by atoms with van der Waals surface area (Å²) >= 11 is -1.67. The molecule has 0 saturated heterocycles. The minimum atomic E-state index is -1.67. The Morgan fingerprint density at radius 3 is 0.828 bits per heavy atom. The van der Waals surface area contributed by atoms with Crippen molar-refractivity contribution in [3.05, 3.63) is 6.08 Å². The zero-order chi connectivity index (χ0) is 24.1. The van der Waals surface area contributed by atoms with E-state index < -0.39 is 13.5 Å². The fourth-order valence-corrected chi connectivity index (χ4v) is 13.6. The summed E-state index contributed by atoms with van der Waals surface area (Å²) in [7, 11) is 10.9. The molecule has 0 radical (unpaired) electrons. The molecule has 5 heteroatoms. The van der Waals surface area contributed by atoms with Gasteiger partial charge >= 0.3 is 69.4 Å². The third kappa shape index (κ3) is 22.7. The van der Waals surface area contributed by atoms with Gasteiger partial charge in [-0.05, 0) is 83.1 Å². The molecule has 29 heavy (non-hydrogen) atoms. The van der Waals surface area contributed by atoms with E-state index >= 15 is 0 Å². The standard InChI is InChI=1S/2C9H21P.C6H10.2ClH.Ru/c2*1-7(2)10(8(3)4)9(5)6;1-5-6(2,3)4;;;/h2*7-9H,1-6H3;5H,2-4H3;2*1H;/q;;;;;+2. The fourth-order valence-electron chi connectivity index (χ4n) is 4.19. The van der Waals surface area contributed by atoms with Crippen molar-refractivity contribution in [3.63, 3.8) is 0 Å². The summed E-state index contributed by atoms with van der Waals surface area (Å²) in [5, 5.41) is 0. The van der Waals surface area contributed by atoms with Gasteiger partial charge in [-0.3, -0.25) is 0 Å². The van der Waals surface area contributed by atoms with Crippen molar-refractivity contribution in [3.8, 4) is 0 Å². The van der Waals surface area contributed by atoms with E-state index in [1.165, 1.54) is 0 Å². The Hall–Kier alpha value is 1.71. The third-order valence-corrected chi connectivity index (χ3v) is 14.1. The van der Waals surface area contributed by atoms with E-state index in [1.54, 1.807) is 0 Å². The van der Waals surface area contributed by atoms with Crippen molar-refractivity contribution in [1.82, 2.24) is 0 Å². The monoisotopic (exact) mass is 576 g/mol. The van der Waals surface area contributed by atoms with Crippen LogP contribution < -0.4 is 0 Å². The first-order valence-corrected chi connectivity index (χ1v) is 20.0. The maximum atomic E-state index is 5.55. The zero-order valence-corrected chi connectivity index (χ0v) is 27.4. The maximum absolute atomic E-state index is 5.55. The molecule has 0 amide bonds. The van der Waals surface area contributed by atoms with E-state index in [9.17, 15) is 0 Å². The number of rotatable bonds is 6. The van der Waals surface area contributed by atoms with Gasteiger partial charge in [0.2, 0.25) is 0 Å². The summed E-state index contributed by atoms with van der Waals surface area (Å²) in [6.45, 7) is 34.7. The largest absolute Gasteiger partial charge is 0.0624 e. The van der Waals surface area contributed by atoms with Gasteiger partial charge in [-0.15, -0.1) is 0 Å². The average Bonchev–Trinajstić information content (AvgIpc) is 2.42. The first-order chi connectivity index (χ1) is 12.8. The van der Waals surface area contributed by atoms with E-state index in [0.29, 0.717) is 0 Å². The molecular formula is C24H54Cl2P2Ru+2. The summed E-state index contributed by atoms with van der Waals surface area (Å²) < 4.78 is 2.93.